The molecule has 2 aliphatic heterocycles. The Bertz CT molecular complexity index is 2540. The van der Waals surface area contributed by atoms with Gasteiger partial charge in [-0.2, -0.15) is 0 Å². The van der Waals surface area contributed by atoms with Crippen LogP contribution in [0.1, 0.15) is 70.5 Å². The minimum absolute atomic E-state index is 0.0211. The number of nitrogens with two attached hydrogens (primary N) is 2. The molecule has 0 unspecified atom stereocenters. The van der Waals surface area contributed by atoms with Crippen molar-refractivity contribution in [1.29, 1.82) is 0 Å². The van der Waals surface area contributed by atoms with Crippen LogP contribution in [0, 0.1) is 0 Å². The zero-order chi connectivity index (χ0) is 48.5. The third-order valence-corrected chi connectivity index (χ3v) is 12.2. The lowest BCUT2D eigenvalue weighted by molar-refractivity contribution is -0.141. The topological polar surface area (TPSA) is 284 Å². The van der Waals surface area contributed by atoms with Gasteiger partial charge < -0.3 is 52.7 Å². The molecule has 4 bridgehead atoms. The first-order chi connectivity index (χ1) is 32.0. The fraction of sp³-hybridized carbons (Fsp3) is 0.333. The standard InChI is InChI=1S/C48H53ClN8O10/c1-26-44(63)55-37(46(65)52-24-40(61)57-20-18-39(60)42(57)43(51)62)22-27-6-17-38(59)35(21-27)34-23-31(11-12-32(34)25-58)41(47(66)53-26)56(2)48(67)36(5-3-4-19-50)54-45(64)30-9-7-28(8-10-30)29-13-15-33(49)16-14-29/h6-17,21,23,25-26,36-37,39,41-42,59-60H,3-5,18-20,22,24,50H2,1-2H3,(H2,51,62)(H,52,65)(H,53,66)(H,54,64)(H,55,63)/t26-,36-,37-,39-,41-,42-/m0/s1. The molecular weight excluding hydrogens is 884 g/mol. The number of aliphatic hydroxyl groups excluding tert-OH is 1. The number of aromatic hydroxyl groups is 1. The van der Waals surface area contributed by atoms with Crippen LogP contribution in [0.3, 0.4) is 0 Å². The van der Waals surface area contributed by atoms with Crippen LogP contribution in [-0.2, 0) is 35.2 Å². The first-order valence-corrected chi connectivity index (χ1v) is 22.1. The quantitative estimate of drug-likeness (QED) is 0.0666. The molecule has 67 heavy (non-hydrogen) atoms. The summed E-state index contributed by atoms with van der Waals surface area (Å²) in [5.41, 5.74) is 14.2. The molecule has 19 heteroatoms. The Balaban J connectivity index is 1.30. The van der Waals surface area contributed by atoms with Gasteiger partial charge in [0.25, 0.3) is 5.91 Å². The number of benzene rings is 4. The first-order valence-electron chi connectivity index (χ1n) is 21.7. The summed E-state index contributed by atoms with van der Waals surface area (Å²) in [4.78, 5) is 110. The van der Waals surface area contributed by atoms with E-state index in [1.807, 2.05) is 12.1 Å². The second-order valence-electron chi connectivity index (χ2n) is 16.6. The molecule has 0 spiro atoms. The molecule has 0 aromatic heterocycles. The van der Waals surface area contributed by atoms with E-state index in [-0.39, 0.29) is 59.4 Å². The largest absolute Gasteiger partial charge is 0.507 e. The van der Waals surface area contributed by atoms with Crippen LogP contribution >= 0.6 is 11.6 Å². The fourth-order valence-electron chi connectivity index (χ4n) is 8.26. The van der Waals surface area contributed by atoms with Gasteiger partial charge >= 0.3 is 0 Å². The van der Waals surface area contributed by atoms with Gasteiger partial charge in [-0.25, -0.2) is 0 Å². The summed E-state index contributed by atoms with van der Waals surface area (Å²) in [6.45, 7) is 1.10. The number of hydrogen-bond donors (Lipinski definition) is 8. The molecule has 1 saturated heterocycles. The highest BCUT2D eigenvalue weighted by atomic mass is 35.5. The van der Waals surface area contributed by atoms with Crippen LogP contribution in [0.15, 0.2) is 84.9 Å². The second-order valence-corrected chi connectivity index (χ2v) is 17.0. The van der Waals surface area contributed by atoms with E-state index >= 15 is 0 Å². The number of fused-ring (bicyclic) bond motifs is 5. The van der Waals surface area contributed by atoms with E-state index in [4.69, 9.17) is 23.1 Å². The summed E-state index contributed by atoms with van der Waals surface area (Å²) in [6.07, 6.45) is 0.422. The molecule has 2 aliphatic rings. The van der Waals surface area contributed by atoms with Gasteiger partial charge in [-0.05, 0) is 109 Å². The maximum atomic E-state index is 14.6. The number of phenolic OH excluding ortho intramolecular Hbond substituents is 1. The summed E-state index contributed by atoms with van der Waals surface area (Å²) >= 11 is 6.05. The summed E-state index contributed by atoms with van der Waals surface area (Å²) in [5, 5.41) is 32.5. The Hall–Kier alpha value is -7.15. The average molecular weight is 937 g/mol. The van der Waals surface area contributed by atoms with Crippen molar-refractivity contribution in [3.05, 3.63) is 112 Å². The van der Waals surface area contributed by atoms with Crippen molar-refractivity contribution in [3.63, 3.8) is 0 Å². The maximum absolute atomic E-state index is 14.6. The van der Waals surface area contributed by atoms with Crippen LogP contribution < -0.4 is 32.7 Å². The number of halogens is 1. The van der Waals surface area contributed by atoms with Gasteiger partial charge in [0.05, 0.1) is 12.6 Å². The summed E-state index contributed by atoms with van der Waals surface area (Å²) in [5.74, 6) is -5.58. The number of likely N-dealkylation sites (tertiary alicyclic amines) is 1. The Morgan fingerprint density at radius 3 is 2.27 bits per heavy atom. The van der Waals surface area contributed by atoms with Crippen molar-refractivity contribution in [2.45, 2.75) is 75.3 Å². The number of carbonyl (C=O) groups excluding carboxylic acids is 8. The molecule has 352 valence electrons. The van der Waals surface area contributed by atoms with Crippen molar-refractivity contribution in [1.82, 2.24) is 31.1 Å². The number of aliphatic hydroxyl groups is 1. The van der Waals surface area contributed by atoms with Crippen LogP contribution in [0.4, 0.5) is 0 Å². The molecule has 18 nitrogen and oxygen atoms in total. The molecule has 6 atom stereocenters. The number of amides is 7. The lowest BCUT2D eigenvalue weighted by atomic mass is 9.91. The number of likely N-dealkylation sites (N-methyl/N-ethyl adjacent to an activating group) is 1. The van der Waals surface area contributed by atoms with Crippen molar-refractivity contribution in [3.8, 4) is 28.0 Å². The second kappa shape index (κ2) is 21.9. The van der Waals surface area contributed by atoms with E-state index < -0.39 is 84.2 Å². The molecule has 2 heterocycles. The number of hydrogen-bond acceptors (Lipinski definition) is 11. The number of rotatable bonds is 14. The number of nitrogens with zero attached hydrogens (tertiary/aromatic N) is 2. The maximum Gasteiger partial charge on any atom is 0.251 e. The molecule has 0 saturated carbocycles. The van der Waals surface area contributed by atoms with Crippen molar-refractivity contribution in [2.24, 2.45) is 11.5 Å². The molecule has 0 radical (unpaired) electrons. The van der Waals surface area contributed by atoms with E-state index in [1.165, 1.54) is 50.4 Å². The molecule has 4 aromatic rings. The lowest BCUT2D eigenvalue weighted by Gasteiger charge is -2.32. The van der Waals surface area contributed by atoms with Crippen molar-refractivity contribution in [2.75, 3.05) is 26.7 Å². The van der Waals surface area contributed by atoms with E-state index in [2.05, 4.69) is 21.3 Å². The lowest BCUT2D eigenvalue weighted by Crippen LogP contribution is -2.56. The van der Waals surface area contributed by atoms with Gasteiger partial charge in [0.15, 0.2) is 6.29 Å². The minimum Gasteiger partial charge on any atom is -0.507 e. The van der Waals surface area contributed by atoms with Crippen LogP contribution in [0.5, 0.6) is 5.75 Å². The molecular formula is C48H53ClN8O10. The number of primary amides is 1. The number of unbranched alkanes of at least 4 members (excludes halogenated alkanes) is 1. The van der Waals surface area contributed by atoms with Gasteiger partial charge in [-0.15, -0.1) is 0 Å². The highest BCUT2D eigenvalue weighted by molar-refractivity contribution is 6.30. The van der Waals surface area contributed by atoms with E-state index in [0.717, 1.165) is 20.9 Å². The van der Waals surface area contributed by atoms with Gasteiger partial charge in [0.1, 0.15) is 36.0 Å². The normalized spacial score (nSPS) is 19.8. The van der Waals surface area contributed by atoms with E-state index in [1.54, 1.807) is 36.4 Å². The fourth-order valence-corrected chi connectivity index (χ4v) is 8.39. The summed E-state index contributed by atoms with van der Waals surface area (Å²) in [6, 6.07) is 16.1. The van der Waals surface area contributed by atoms with E-state index in [9.17, 15) is 48.6 Å². The Morgan fingerprint density at radius 2 is 1.61 bits per heavy atom. The number of nitrogens with one attached hydrogen (secondary N) is 4. The highest BCUT2D eigenvalue weighted by Gasteiger charge is 2.40. The Kier molecular flexibility index (Phi) is 16.1. The smallest absolute Gasteiger partial charge is 0.251 e. The van der Waals surface area contributed by atoms with Crippen molar-refractivity contribution >= 4 is 59.2 Å². The SMILES string of the molecule is C[C@@H]1NC(=O)[C@@H](N(C)C(=O)[C@H](CCCCN)NC(=O)c2ccc(-c3ccc(Cl)cc3)cc2)c2ccc(C=O)c(c2)-c2cc(ccc2O)C[C@@H](C(=O)NCC(=O)N2CC[C@H](O)[C@H]2C(N)=O)NC1=O. The van der Waals surface area contributed by atoms with Crippen LogP contribution in [0.25, 0.3) is 22.3 Å². The molecule has 4 aromatic carbocycles. The molecule has 1 fully saturated rings. The van der Waals surface area contributed by atoms with Crippen LogP contribution in [-0.4, -0.2) is 125 Å². The van der Waals surface area contributed by atoms with Gasteiger partial charge in [-0.1, -0.05) is 54.1 Å². The summed E-state index contributed by atoms with van der Waals surface area (Å²) in [7, 11) is 1.37. The van der Waals surface area contributed by atoms with E-state index in [0.29, 0.717) is 36.3 Å². The Morgan fingerprint density at radius 1 is 0.925 bits per heavy atom. The monoisotopic (exact) mass is 936 g/mol. The molecule has 0 aliphatic carbocycles. The van der Waals surface area contributed by atoms with Gasteiger partial charge in [0.2, 0.25) is 35.4 Å². The molecule has 6 rings (SSSR count). The number of phenols is 1. The highest BCUT2D eigenvalue weighted by Crippen LogP contribution is 2.36. The Labute approximate surface area is 391 Å². The number of carbonyl (C=O) groups is 8. The third-order valence-electron chi connectivity index (χ3n) is 11.9. The zero-order valence-corrected chi connectivity index (χ0v) is 37.6. The molecule has 7 amide bonds. The van der Waals surface area contributed by atoms with Crippen molar-refractivity contribution < 1.29 is 48.6 Å². The first kappa shape index (κ1) is 49.3. The third kappa shape index (κ3) is 11.6. The summed E-state index contributed by atoms with van der Waals surface area (Å²) < 4.78 is 0. The van der Waals surface area contributed by atoms with Gasteiger partial charge in [0, 0.05) is 41.7 Å². The van der Waals surface area contributed by atoms with Gasteiger partial charge in [-0.3, -0.25) is 38.4 Å². The predicted molar refractivity (Wildman–Crippen MR) is 247 cm³/mol. The molecule has 10 N–H and O–H groups in total. The average Bonchev–Trinajstić information content (AvgIpc) is 3.72. The minimum atomic E-state index is -1.48. The number of aldehydes is 1. The van der Waals surface area contributed by atoms with Crippen LogP contribution in [0.2, 0.25) is 5.02 Å². The zero-order valence-electron chi connectivity index (χ0n) is 36.9. The predicted octanol–water partition coefficient (Wildman–Crippen LogP) is 1.73.